The minimum absolute atomic E-state index is 0.0130. The van der Waals surface area contributed by atoms with E-state index in [9.17, 15) is 9.90 Å². The third-order valence-corrected chi connectivity index (χ3v) is 3.08. The molecular formula is C13H16N2O2. The standard InChI is InChI=1S/C13H16N2O2/c1-9(14(2)3)13(17)10-6-8-15-7-4-5-11(16)12(10)15/h4-9,16H,1-3H3. The smallest absolute Gasteiger partial charge is 0.181 e. The molecule has 0 spiro atoms. The van der Waals surface area contributed by atoms with Crippen molar-refractivity contribution >= 4 is 11.3 Å². The van der Waals surface area contributed by atoms with Crippen LogP contribution in [0, 0.1) is 0 Å². The average molecular weight is 232 g/mol. The molecule has 4 nitrogen and oxygen atoms in total. The molecule has 0 saturated heterocycles. The van der Waals surface area contributed by atoms with Crippen molar-refractivity contribution in [2.45, 2.75) is 13.0 Å². The molecular weight excluding hydrogens is 216 g/mol. The third kappa shape index (κ3) is 1.91. The van der Waals surface area contributed by atoms with Gasteiger partial charge < -0.3 is 9.51 Å². The van der Waals surface area contributed by atoms with Crippen LogP contribution in [0.1, 0.15) is 17.3 Å². The third-order valence-electron chi connectivity index (χ3n) is 3.08. The summed E-state index contributed by atoms with van der Waals surface area (Å²) in [6, 6.07) is 4.87. The molecule has 0 fully saturated rings. The first kappa shape index (κ1) is 11.7. The lowest BCUT2D eigenvalue weighted by Gasteiger charge is -2.17. The number of hydrogen-bond donors (Lipinski definition) is 1. The van der Waals surface area contributed by atoms with Crippen LogP contribution in [-0.4, -0.2) is 40.3 Å². The van der Waals surface area contributed by atoms with Crippen molar-refractivity contribution in [2.75, 3.05) is 14.1 Å². The van der Waals surface area contributed by atoms with Crippen molar-refractivity contribution in [2.24, 2.45) is 0 Å². The summed E-state index contributed by atoms with van der Waals surface area (Å²) in [7, 11) is 3.72. The maximum atomic E-state index is 12.2. The zero-order valence-corrected chi connectivity index (χ0v) is 10.2. The molecule has 2 aromatic heterocycles. The molecule has 0 aliphatic rings. The van der Waals surface area contributed by atoms with Gasteiger partial charge in [0.1, 0.15) is 5.75 Å². The summed E-state index contributed by atoms with van der Waals surface area (Å²) in [5.74, 6) is 0.144. The highest BCUT2D eigenvalue weighted by atomic mass is 16.3. The molecule has 1 unspecified atom stereocenters. The summed E-state index contributed by atoms with van der Waals surface area (Å²) in [5, 5.41) is 9.82. The van der Waals surface area contributed by atoms with E-state index in [4.69, 9.17) is 0 Å². The lowest BCUT2D eigenvalue weighted by atomic mass is 10.1. The lowest BCUT2D eigenvalue weighted by molar-refractivity contribution is 0.0892. The van der Waals surface area contributed by atoms with Crippen molar-refractivity contribution in [1.29, 1.82) is 0 Å². The van der Waals surface area contributed by atoms with E-state index in [1.165, 1.54) is 0 Å². The number of aromatic hydroxyl groups is 1. The van der Waals surface area contributed by atoms with E-state index >= 15 is 0 Å². The maximum absolute atomic E-state index is 12.2. The first-order valence-electron chi connectivity index (χ1n) is 5.51. The highest BCUT2D eigenvalue weighted by Gasteiger charge is 2.21. The Morgan fingerprint density at radius 3 is 2.71 bits per heavy atom. The first-order chi connectivity index (χ1) is 8.02. The summed E-state index contributed by atoms with van der Waals surface area (Å²) in [6.07, 6.45) is 3.59. The van der Waals surface area contributed by atoms with Crippen LogP contribution >= 0.6 is 0 Å². The molecule has 1 atom stereocenters. The molecule has 90 valence electrons. The Morgan fingerprint density at radius 2 is 2.06 bits per heavy atom. The zero-order valence-electron chi connectivity index (χ0n) is 10.2. The Kier molecular flexibility index (Phi) is 2.90. The van der Waals surface area contributed by atoms with E-state index < -0.39 is 0 Å². The Morgan fingerprint density at radius 1 is 1.35 bits per heavy atom. The first-order valence-corrected chi connectivity index (χ1v) is 5.51. The molecule has 0 aromatic carbocycles. The van der Waals surface area contributed by atoms with E-state index in [-0.39, 0.29) is 17.6 Å². The molecule has 17 heavy (non-hydrogen) atoms. The van der Waals surface area contributed by atoms with Crippen LogP contribution in [-0.2, 0) is 0 Å². The minimum Gasteiger partial charge on any atom is -0.506 e. The molecule has 4 heteroatoms. The fraction of sp³-hybridized carbons (Fsp3) is 0.308. The number of ketones is 1. The van der Waals surface area contributed by atoms with E-state index in [0.717, 1.165) is 0 Å². The van der Waals surface area contributed by atoms with Crippen molar-refractivity contribution in [3.63, 3.8) is 0 Å². The van der Waals surface area contributed by atoms with Crippen LogP contribution in [0.2, 0.25) is 0 Å². The van der Waals surface area contributed by atoms with Gasteiger partial charge in [-0.05, 0) is 39.2 Å². The predicted octanol–water partition coefficient (Wildman–Crippen LogP) is 1.78. The SMILES string of the molecule is CC(C(=O)c1ccn2cccc(O)c12)N(C)C. The topological polar surface area (TPSA) is 45.0 Å². The Hall–Kier alpha value is -1.81. The van der Waals surface area contributed by atoms with Gasteiger partial charge in [0.05, 0.1) is 11.6 Å². The highest BCUT2D eigenvalue weighted by Crippen LogP contribution is 2.24. The number of fused-ring (bicyclic) bond motifs is 1. The van der Waals surface area contributed by atoms with Crippen LogP contribution < -0.4 is 0 Å². The molecule has 2 rings (SSSR count). The van der Waals surface area contributed by atoms with E-state index in [1.54, 1.807) is 28.8 Å². The Bertz CT molecular complexity index is 558. The Balaban J connectivity index is 2.53. The second kappa shape index (κ2) is 4.22. The lowest BCUT2D eigenvalue weighted by Crippen LogP contribution is -2.32. The number of pyridine rings is 1. The van der Waals surface area contributed by atoms with E-state index in [0.29, 0.717) is 11.1 Å². The molecule has 2 aromatic rings. The number of likely N-dealkylation sites (N-methyl/N-ethyl adjacent to an activating group) is 1. The van der Waals surface area contributed by atoms with Gasteiger partial charge in [0.25, 0.3) is 0 Å². The van der Waals surface area contributed by atoms with Crippen LogP contribution in [0.5, 0.6) is 5.75 Å². The quantitative estimate of drug-likeness (QED) is 0.820. The minimum atomic E-state index is -0.208. The molecule has 0 bridgehead atoms. The van der Waals surface area contributed by atoms with Gasteiger partial charge in [-0.25, -0.2) is 0 Å². The Labute approximate surface area is 100 Å². The summed E-state index contributed by atoms with van der Waals surface area (Å²) < 4.78 is 1.75. The van der Waals surface area contributed by atoms with Gasteiger partial charge in [-0.1, -0.05) is 0 Å². The fourth-order valence-electron chi connectivity index (χ4n) is 1.81. The number of rotatable bonds is 3. The number of hydrogen-bond acceptors (Lipinski definition) is 3. The van der Waals surface area contributed by atoms with Crippen LogP contribution in [0.15, 0.2) is 30.6 Å². The summed E-state index contributed by atoms with van der Waals surface area (Å²) in [4.78, 5) is 14.1. The largest absolute Gasteiger partial charge is 0.506 e. The fourth-order valence-corrected chi connectivity index (χ4v) is 1.81. The van der Waals surface area contributed by atoms with Crippen LogP contribution in [0.25, 0.3) is 5.52 Å². The van der Waals surface area contributed by atoms with Gasteiger partial charge >= 0.3 is 0 Å². The second-order valence-corrected chi connectivity index (χ2v) is 4.38. The molecule has 0 saturated carbocycles. The van der Waals surface area contributed by atoms with Crippen LogP contribution in [0.3, 0.4) is 0 Å². The summed E-state index contributed by atoms with van der Waals surface area (Å²) in [5.41, 5.74) is 1.13. The van der Waals surface area contributed by atoms with Gasteiger partial charge in [-0.15, -0.1) is 0 Å². The van der Waals surface area contributed by atoms with E-state index in [2.05, 4.69) is 0 Å². The van der Waals surface area contributed by atoms with Crippen molar-refractivity contribution < 1.29 is 9.90 Å². The zero-order chi connectivity index (χ0) is 12.6. The average Bonchev–Trinajstić information content (AvgIpc) is 2.72. The molecule has 0 amide bonds. The number of carbonyl (C=O) groups is 1. The van der Waals surface area contributed by atoms with Crippen molar-refractivity contribution in [3.8, 4) is 5.75 Å². The van der Waals surface area contributed by atoms with Gasteiger partial charge in [0, 0.05) is 18.0 Å². The summed E-state index contributed by atoms with van der Waals surface area (Å²) >= 11 is 0. The van der Waals surface area contributed by atoms with Crippen molar-refractivity contribution in [3.05, 3.63) is 36.2 Å². The molecule has 0 aliphatic heterocycles. The van der Waals surface area contributed by atoms with Gasteiger partial charge in [-0.2, -0.15) is 0 Å². The summed E-state index contributed by atoms with van der Waals surface area (Å²) in [6.45, 7) is 1.85. The van der Waals surface area contributed by atoms with Gasteiger partial charge in [0.15, 0.2) is 5.78 Å². The van der Waals surface area contributed by atoms with Crippen molar-refractivity contribution in [1.82, 2.24) is 9.30 Å². The number of carbonyl (C=O) groups excluding carboxylic acids is 1. The van der Waals surface area contributed by atoms with Gasteiger partial charge in [0.2, 0.25) is 0 Å². The van der Waals surface area contributed by atoms with Gasteiger partial charge in [-0.3, -0.25) is 9.69 Å². The molecule has 1 N–H and O–H groups in total. The predicted molar refractivity (Wildman–Crippen MR) is 66.5 cm³/mol. The molecule has 2 heterocycles. The molecule has 0 aliphatic carbocycles. The van der Waals surface area contributed by atoms with E-state index in [1.807, 2.05) is 32.1 Å². The second-order valence-electron chi connectivity index (χ2n) is 4.38. The number of Topliss-reactive ketones (excluding diaryl/α,β-unsaturated/α-hetero) is 1. The number of nitrogens with zero attached hydrogens (tertiary/aromatic N) is 2. The normalized spacial score (nSPS) is 13.2. The maximum Gasteiger partial charge on any atom is 0.181 e. The number of aromatic nitrogens is 1. The monoisotopic (exact) mass is 232 g/mol. The molecule has 0 radical (unpaired) electrons. The van der Waals surface area contributed by atoms with Crippen LogP contribution in [0.4, 0.5) is 0 Å². The highest BCUT2D eigenvalue weighted by molar-refractivity contribution is 6.06.